The zero-order chi connectivity index (χ0) is 15.5. The molecule has 0 aliphatic carbocycles. The van der Waals surface area contributed by atoms with Crippen LogP contribution in [0.1, 0.15) is 39.0 Å². The predicted molar refractivity (Wildman–Crippen MR) is 100 cm³/mol. The first kappa shape index (κ1) is 17.8. The lowest BCUT2D eigenvalue weighted by atomic mass is 9.97. The zero-order valence-electron chi connectivity index (χ0n) is 13.5. The molecule has 2 N–H and O–H groups in total. The fraction of sp³-hybridized carbons (Fsp3) is 0.389. The van der Waals surface area contributed by atoms with E-state index >= 15 is 0 Å². The lowest BCUT2D eigenvalue weighted by Crippen LogP contribution is -2.34. The molecule has 2 heterocycles. The first-order valence-corrected chi connectivity index (χ1v) is 8.67. The van der Waals surface area contributed by atoms with E-state index in [0.717, 1.165) is 42.6 Å². The summed E-state index contributed by atoms with van der Waals surface area (Å²) in [5.41, 5.74) is 3.09. The Morgan fingerprint density at radius 2 is 2.17 bits per heavy atom. The summed E-state index contributed by atoms with van der Waals surface area (Å²) >= 11 is 1.80. The zero-order valence-corrected chi connectivity index (χ0v) is 15.2. The molecule has 0 saturated carbocycles. The van der Waals surface area contributed by atoms with Gasteiger partial charge < -0.3 is 10.6 Å². The lowest BCUT2D eigenvalue weighted by molar-refractivity contribution is 0.0939. The molecule has 124 valence electrons. The molecule has 3 rings (SSSR count). The molecule has 0 saturated heterocycles. The van der Waals surface area contributed by atoms with E-state index in [1.54, 1.807) is 11.3 Å². The third kappa shape index (κ3) is 4.27. The molecule has 0 radical (unpaired) electrons. The van der Waals surface area contributed by atoms with Crippen LogP contribution in [0.4, 0.5) is 5.69 Å². The standard InChI is InChI=1S/C18H22N2OS.ClH/c1-12(11-14-9-8-13(2)22-14)20-18(21)16-5-3-7-17-15(16)6-4-10-19-17;/h3,5,7-9,12,19H,4,6,10-11H2,1-2H3,(H,20,21);1H. The number of nitrogens with one attached hydrogen (secondary N) is 2. The normalized spacial score (nSPS) is 14.2. The minimum atomic E-state index is 0. The molecule has 3 nitrogen and oxygen atoms in total. The number of amides is 1. The average Bonchev–Trinajstić information content (AvgIpc) is 2.91. The number of carbonyl (C=O) groups is 1. The van der Waals surface area contributed by atoms with Crippen molar-refractivity contribution in [2.75, 3.05) is 11.9 Å². The van der Waals surface area contributed by atoms with Crippen molar-refractivity contribution in [1.29, 1.82) is 0 Å². The fourth-order valence-corrected chi connectivity index (χ4v) is 3.99. The Bertz CT molecular complexity index is 683. The van der Waals surface area contributed by atoms with Gasteiger partial charge in [-0.25, -0.2) is 0 Å². The smallest absolute Gasteiger partial charge is 0.251 e. The molecule has 1 aliphatic heterocycles. The number of carbonyl (C=O) groups excluding carboxylic acids is 1. The quantitative estimate of drug-likeness (QED) is 0.867. The van der Waals surface area contributed by atoms with Crippen LogP contribution in [0.5, 0.6) is 0 Å². The maximum Gasteiger partial charge on any atom is 0.251 e. The van der Waals surface area contributed by atoms with Gasteiger partial charge in [0.15, 0.2) is 0 Å². The molecule has 1 aliphatic rings. The van der Waals surface area contributed by atoms with Gasteiger partial charge in [0.1, 0.15) is 0 Å². The van der Waals surface area contributed by atoms with Gasteiger partial charge in [-0.1, -0.05) is 6.07 Å². The van der Waals surface area contributed by atoms with Crippen molar-refractivity contribution in [3.8, 4) is 0 Å². The van der Waals surface area contributed by atoms with Crippen LogP contribution in [0.2, 0.25) is 0 Å². The second-order valence-electron chi connectivity index (χ2n) is 5.95. The summed E-state index contributed by atoms with van der Waals surface area (Å²) in [4.78, 5) is 15.2. The van der Waals surface area contributed by atoms with Gasteiger partial charge in [-0.15, -0.1) is 23.7 Å². The summed E-state index contributed by atoms with van der Waals surface area (Å²) in [5.74, 6) is 0.0429. The van der Waals surface area contributed by atoms with Crippen molar-refractivity contribution in [1.82, 2.24) is 5.32 Å². The van der Waals surface area contributed by atoms with Gasteiger partial charge >= 0.3 is 0 Å². The number of halogens is 1. The summed E-state index contributed by atoms with van der Waals surface area (Å²) in [6.45, 7) is 5.17. The number of thiophene rings is 1. The number of hydrogen-bond donors (Lipinski definition) is 2. The highest BCUT2D eigenvalue weighted by atomic mass is 35.5. The highest BCUT2D eigenvalue weighted by molar-refractivity contribution is 7.11. The fourth-order valence-electron chi connectivity index (χ4n) is 2.97. The minimum absolute atomic E-state index is 0. The molecule has 0 spiro atoms. The number of anilines is 1. The Morgan fingerprint density at radius 1 is 1.35 bits per heavy atom. The third-order valence-corrected chi connectivity index (χ3v) is 5.04. The molecule has 0 fully saturated rings. The van der Waals surface area contributed by atoms with Gasteiger partial charge in [-0.3, -0.25) is 4.79 Å². The summed E-state index contributed by atoms with van der Waals surface area (Å²) in [6, 6.07) is 10.4. The van der Waals surface area contributed by atoms with E-state index in [9.17, 15) is 4.79 Å². The van der Waals surface area contributed by atoms with E-state index in [2.05, 4.69) is 42.7 Å². The highest BCUT2D eigenvalue weighted by Crippen LogP contribution is 2.25. The molecule has 1 atom stereocenters. The monoisotopic (exact) mass is 350 g/mol. The Labute approximate surface area is 147 Å². The van der Waals surface area contributed by atoms with Crippen LogP contribution in [0.15, 0.2) is 30.3 Å². The van der Waals surface area contributed by atoms with Crippen LogP contribution in [0, 0.1) is 6.92 Å². The lowest BCUT2D eigenvalue weighted by Gasteiger charge is -2.21. The van der Waals surface area contributed by atoms with E-state index in [0.29, 0.717) is 0 Å². The van der Waals surface area contributed by atoms with Gasteiger partial charge in [0, 0.05) is 40.0 Å². The van der Waals surface area contributed by atoms with Crippen LogP contribution in [-0.4, -0.2) is 18.5 Å². The number of fused-ring (bicyclic) bond motifs is 1. The molecule has 0 bridgehead atoms. The van der Waals surface area contributed by atoms with Gasteiger partial charge in [0.25, 0.3) is 5.91 Å². The summed E-state index contributed by atoms with van der Waals surface area (Å²) in [7, 11) is 0. The van der Waals surface area contributed by atoms with Crippen molar-refractivity contribution in [2.45, 2.75) is 39.2 Å². The van der Waals surface area contributed by atoms with Crippen LogP contribution < -0.4 is 10.6 Å². The third-order valence-electron chi connectivity index (χ3n) is 4.02. The van der Waals surface area contributed by atoms with Crippen molar-refractivity contribution >= 4 is 35.3 Å². The average molecular weight is 351 g/mol. The van der Waals surface area contributed by atoms with Crippen molar-refractivity contribution in [3.63, 3.8) is 0 Å². The summed E-state index contributed by atoms with van der Waals surface area (Å²) in [5, 5.41) is 6.52. The van der Waals surface area contributed by atoms with Crippen LogP contribution in [0.25, 0.3) is 0 Å². The maximum absolute atomic E-state index is 12.6. The Hall–Kier alpha value is -1.52. The molecule has 1 unspecified atom stereocenters. The molecule has 5 heteroatoms. The van der Waals surface area contributed by atoms with E-state index in [1.165, 1.54) is 9.75 Å². The Balaban J connectivity index is 0.00000192. The van der Waals surface area contributed by atoms with Crippen LogP contribution >= 0.6 is 23.7 Å². The second-order valence-corrected chi connectivity index (χ2v) is 7.33. The van der Waals surface area contributed by atoms with Crippen molar-refractivity contribution in [2.24, 2.45) is 0 Å². The van der Waals surface area contributed by atoms with Crippen molar-refractivity contribution < 1.29 is 4.79 Å². The second kappa shape index (κ2) is 7.84. The SMILES string of the molecule is Cc1ccc(CC(C)NC(=O)c2cccc3c2CCCN3)s1.Cl. The first-order valence-electron chi connectivity index (χ1n) is 7.85. The summed E-state index contributed by atoms with van der Waals surface area (Å²) < 4.78 is 0. The van der Waals surface area contributed by atoms with Gasteiger partial charge in [-0.05, 0) is 56.5 Å². The molecular weight excluding hydrogens is 328 g/mol. The van der Waals surface area contributed by atoms with Crippen molar-refractivity contribution in [3.05, 3.63) is 51.2 Å². The largest absolute Gasteiger partial charge is 0.385 e. The van der Waals surface area contributed by atoms with Gasteiger partial charge in [0.05, 0.1) is 0 Å². The first-order chi connectivity index (χ1) is 10.6. The predicted octanol–water partition coefficient (Wildman–Crippen LogP) is 4.20. The molecular formula is C18H23ClN2OS. The topological polar surface area (TPSA) is 41.1 Å². The van der Waals surface area contributed by atoms with E-state index in [4.69, 9.17) is 0 Å². The number of hydrogen-bond acceptors (Lipinski definition) is 3. The molecule has 2 aromatic rings. The Morgan fingerprint density at radius 3 is 2.91 bits per heavy atom. The van der Waals surface area contributed by atoms with E-state index in [1.807, 2.05) is 12.1 Å². The molecule has 1 aromatic heterocycles. The van der Waals surface area contributed by atoms with Crippen LogP contribution in [0.3, 0.4) is 0 Å². The molecule has 1 amide bonds. The van der Waals surface area contributed by atoms with Gasteiger partial charge in [-0.2, -0.15) is 0 Å². The van der Waals surface area contributed by atoms with Gasteiger partial charge in [0.2, 0.25) is 0 Å². The molecule has 23 heavy (non-hydrogen) atoms. The molecule has 1 aromatic carbocycles. The van der Waals surface area contributed by atoms with E-state index in [-0.39, 0.29) is 24.4 Å². The number of rotatable bonds is 4. The number of benzene rings is 1. The minimum Gasteiger partial charge on any atom is -0.385 e. The maximum atomic E-state index is 12.6. The van der Waals surface area contributed by atoms with Crippen LogP contribution in [-0.2, 0) is 12.8 Å². The Kier molecular flexibility index (Phi) is 6.08. The van der Waals surface area contributed by atoms with E-state index < -0.39 is 0 Å². The summed E-state index contributed by atoms with van der Waals surface area (Å²) in [6.07, 6.45) is 2.95. The number of aryl methyl sites for hydroxylation is 1. The highest BCUT2D eigenvalue weighted by Gasteiger charge is 2.18.